The molecule has 0 atom stereocenters. The van der Waals surface area contributed by atoms with Gasteiger partial charge in [0.15, 0.2) is 5.78 Å². The summed E-state index contributed by atoms with van der Waals surface area (Å²) >= 11 is 0. The second-order valence-electron chi connectivity index (χ2n) is 18.8. The second-order valence-corrected chi connectivity index (χ2v) is 18.8. The average molecular weight is 857 g/mol. The zero-order chi connectivity index (χ0) is 44.4. The van der Waals surface area contributed by atoms with Gasteiger partial charge in [0.05, 0.1) is 0 Å². The number of hydrogen-bond donors (Lipinski definition) is 0. The van der Waals surface area contributed by atoms with Crippen molar-refractivity contribution in [1.82, 2.24) is 0 Å². The summed E-state index contributed by atoms with van der Waals surface area (Å²) in [7, 11) is 0. The van der Waals surface area contributed by atoms with Crippen molar-refractivity contribution in [3.05, 3.63) is 230 Å². The summed E-state index contributed by atoms with van der Waals surface area (Å²) < 4.78 is 0. The molecule has 1 heteroatoms. The molecule has 0 aromatic heterocycles. The minimum absolute atomic E-state index is 0.107. The van der Waals surface area contributed by atoms with E-state index in [1.54, 1.807) is 0 Å². The number of benzene rings is 14. The highest BCUT2D eigenvalue weighted by Crippen LogP contribution is 2.62. The Balaban J connectivity index is 1.05. The third-order valence-electron chi connectivity index (χ3n) is 15.6. The van der Waals surface area contributed by atoms with Crippen LogP contribution in [-0.4, -0.2) is 5.78 Å². The van der Waals surface area contributed by atoms with Crippen molar-refractivity contribution < 1.29 is 4.79 Å². The van der Waals surface area contributed by atoms with Crippen LogP contribution in [0.3, 0.4) is 0 Å². The number of carbonyl (C=O) groups excluding carboxylic acids is 1. The van der Waals surface area contributed by atoms with Crippen LogP contribution in [0.1, 0.15) is 15.9 Å². The first kappa shape index (κ1) is 36.3. The van der Waals surface area contributed by atoms with E-state index in [2.05, 4.69) is 200 Å². The highest BCUT2D eigenvalue weighted by molar-refractivity contribution is 6.45. The van der Waals surface area contributed by atoms with Crippen molar-refractivity contribution in [3.63, 3.8) is 0 Å². The fourth-order valence-electron chi connectivity index (χ4n) is 13.0. The average Bonchev–Trinajstić information content (AvgIpc) is 3.75. The lowest BCUT2D eigenvalue weighted by molar-refractivity contribution is 0.104. The van der Waals surface area contributed by atoms with Crippen LogP contribution < -0.4 is 0 Å². The van der Waals surface area contributed by atoms with E-state index < -0.39 is 0 Å². The van der Waals surface area contributed by atoms with Gasteiger partial charge in [-0.05, 0) is 154 Å². The Kier molecular flexibility index (Phi) is 7.01. The first-order valence-electron chi connectivity index (χ1n) is 23.6. The molecule has 14 aromatic carbocycles. The van der Waals surface area contributed by atoms with Crippen molar-refractivity contribution in [3.8, 4) is 77.9 Å². The summed E-state index contributed by atoms with van der Waals surface area (Å²) in [5, 5.41) is 17.4. The Bertz CT molecular complexity index is 4300. The normalized spacial score (nSPS) is 12.7. The fourth-order valence-corrected chi connectivity index (χ4v) is 13.0. The van der Waals surface area contributed by atoms with Crippen molar-refractivity contribution in [2.75, 3.05) is 0 Å². The molecule has 0 saturated carbocycles. The molecule has 0 N–H and O–H groups in total. The van der Waals surface area contributed by atoms with Gasteiger partial charge < -0.3 is 0 Å². The van der Waals surface area contributed by atoms with Gasteiger partial charge in [0, 0.05) is 16.5 Å². The lowest BCUT2D eigenvalue weighted by Crippen LogP contribution is -2.10. The molecule has 14 aromatic rings. The van der Waals surface area contributed by atoms with E-state index in [0.717, 1.165) is 27.6 Å². The molecule has 1 nitrogen and oxygen atoms in total. The largest absolute Gasteiger partial charge is 0.289 e. The van der Waals surface area contributed by atoms with Crippen LogP contribution in [-0.2, 0) is 0 Å². The molecule has 0 bridgehead atoms. The highest BCUT2D eigenvalue weighted by Gasteiger charge is 2.35. The van der Waals surface area contributed by atoms with E-state index in [0.29, 0.717) is 0 Å². The van der Waals surface area contributed by atoms with E-state index in [-0.39, 0.29) is 5.78 Å². The van der Waals surface area contributed by atoms with Gasteiger partial charge in [-0.1, -0.05) is 212 Å². The lowest BCUT2D eigenvalue weighted by atomic mass is 9.76. The Morgan fingerprint density at radius 3 is 0.824 bits per heavy atom. The monoisotopic (exact) mass is 856 g/mol. The van der Waals surface area contributed by atoms with Crippen LogP contribution in [0.5, 0.6) is 0 Å². The van der Waals surface area contributed by atoms with Gasteiger partial charge in [-0.25, -0.2) is 0 Å². The summed E-state index contributed by atoms with van der Waals surface area (Å²) in [5.41, 5.74) is 18.7. The van der Waals surface area contributed by atoms with E-state index in [1.165, 1.54) is 137 Å². The third-order valence-corrected chi connectivity index (χ3v) is 15.6. The molecule has 0 amide bonds. The highest BCUT2D eigenvalue weighted by atomic mass is 16.1. The standard InChI is InChI=1S/C67H36O/c68-67-51-24-14-13-23-41(51)42-25-26-47-43-27-28-44-48-31-34-52-64-53(35-32-49(62(48)64)45-29-30-46(59(43)60(44)45)50-33-36-54(67)63(42)61(47)50)66-58(40-21-11-4-12-22-40)56(38-17-7-2-8-18-38)55(37-15-5-1-6-16-37)57(65(52)66)39-19-9-3-10-20-39/h1-36H. The van der Waals surface area contributed by atoms with Crippen LogP contribution >= 0.6 is 0 Å². The van der Waals surface area contributed by atoms with E-state index in [4.69, 9.17) is 0 Å². The number of hydrogen-bond acceptors (Lipinski definition) is 1. The Labute approximate surface area is 391 Å². The van der Waals surface area contributed by atoms with Gasteiger partial charge in [0.25, 0.3) is 0 Å². The molecule has 68 heavy (non-hydrogen) atoms. The van der Waals surface area contributed by atoms with Gasteiger partial charge in [0.1, 0.15) is 0 Å². The number of rotatable bonds is 4. The molecule has 16 rings (SSSR count). The molecule has 0 aliphatic heterocycles. The summed E-state index contributed by atoms with van der Waals surface area (Å²) in [6.45, 7) is 0. The van der Waals surface area contributed by atoms with Gasteiger partial charge in [-0.2, -0.15) is 0 Å². The van der Waals surface area contributed by atoms with E-state index in [9.17, 15) is 4.79 Å². The van der Waals surface area contributed by atoms with Crippen LogP contribution in [0.2, 0.25) is 0 Å². The number of ketones is 1. The quantitative estimate of drug-likeness (QED) is 0.127. The van der Waals surface area contributed by atoms with E-state index in [1.807, 2.05) is 18.2 Å². The van der Waals surface area contributed by atoms with Gasteiger partial charge in [-0.3, -0.25) is 4.79 Å². The first-order chi connectivity index (χ1) is 33.7. The Morgan fingerprint density at radius 1 is 0.176 bits per heavy atom. The zero-order valence-corrected chi connectivity index (χ0v) is 36.7. The SMILES string of the molecule is O=C1c2ccccc2-c2ccc3c4ccc5c6ccc7c8c(ccc(c9ccc(c%10ccc1c2c%103)c4c95)c86)-c1c(-c2ccccc2)c(-c2ccccc2)c(-c2ccccc2)c(-c2ccccc2)c1-7. The van der Waals surface area contributed by atoms with E-state index >= 15 is 0 Å². The molecular formula is C67H36O. The number of carbonyl (C=O) groups is 1. The van der Waals surface area contributed by atoms with Crippen molar-refractivity contribution in [2.45, 2.75) is 0 Å². The van der Waals surface area contributed by atoms with Crippen LogP contribution in [0.4, 0.5) is 0 Å². The summed E-state index contributed by atoms with van der Waals surface area (Å²) in [6.07, 6.45) is 0. The fraction of sp³-hybridized carbons (Fsp3) is 0. The maximum atomic E-state index is 14.1. The molecule has 0 spiro atoms. The molecular weight excluding hydrogens is 821 g/mol. The molecule has 2 aliphatic carbocycles. The predicted octanol–water partition coefficient (Wildman–Crippen LogP) is 18.2. The lowest BCUT2D eigenvalue weighted by Gasteiger charge is -2.26. The topological polar surface area (TPSA) is 17.1 Å². The van der Waals surface area contributed by atoms with Crippen LogP contribution in [0.25, 0.3) is 153 Å². The first-order valence-corrected chi connectivity index (χ1v) is 23.6. The molecule has 2 aliphatic rings. The van der Waals surface area contributed by atoms with Gasteiger partial charge in [-0.15, -0.1) is 0 Å². The maximum Gasteiger partial charge on any atom is 0.194 e. The van der Waals surface area contributed by atoms with Gasteiger partial charge in [0.2, 0.25) is 0 Å². The van der Waals surface area contributed by atoms with Crippen LogP contribution in [0, 0.1) is 0 Å². The van der Waals surface area contributed by atoms with Crippen molar-refractivity contribution >= 4 is 81.2 Å². The molecule has 0 unspecified atom stereocenters. The molecule has 0 saturated heterocycles. The van der Waals surface area contributed by atoms with Crippen molar-refractivity contribution in [2.24, 2.45) is 0 Å². The predicted molar refractivity (Wildman–Crippen MR) is 286 cm³/mol. The summed E-state index contributed by atoms with van der Waals surface area (Å²) in [4.78, 5) is 14.1. The molecule has 0 fully saturated rings. The molecule has 0 heterocycles. The van der Waals surface area contributed by atoms with Gasteiger partial charge >= 0.3 is 0 Å². The minimum atomic E-state index is 0.107. The maximum absolute atomic E-state index is 14.1. The smallest absolute Gasteiger partial charge is 0.194 e. The summed E-state index contributed by atoms with van der Waals surface area (Å²) in [5.74, 6) is 0.107. The van der Waals surface area contributed by atoms with Crippen LogP contribution in [0.15, 0.2) is 218 Å². The molecule has 0 radical (unpaired) electrons. The second kappa shape index (κ2) is 13.1. The van der Waals surface area contributed by atoms with Crippen molar-refractivity contribution in [1.29, 1.82) is 0 Å². The zero-order valence-electron chi connectivity index (χ0n) is 36.7. The minimum Gasteiger partial charge on any atom is -0.289 e. The molecule has 310 valence electrons. The third kappa shape index (κ3) is 4.49. The number of fused-ring (bicyclic) bond motifs is 9. The Morgan fingerprint density at radius 2 is 0.441 bits per heavy atom. The Hall–Kier alpha value is -8.91. The summed E-state index contributed by atoms with van der Waals surface area (Å²) in [6, 6.07) is 80.3.